The standard InChI is InChI=1S/C14H16N2O4S/c1-3-20-14(17)11-4-5-12(9-16-7-6-15-10-16)13(8-11)21(2,18)19/h4-8,10H,3,9H2,1-2H3. The minimum Gasteiger partial charge on any atom is -0.462 e. The molecule has 0 bridgehead atoms. The molecule has 0 N–H and O–H groups in total. The molecule has 0 saturated carbocycles. The van der Waals surface area contributed by atoms with Gasteiger partial charge < -0.3 is 9.30 Å². The maximum atomic E-state index is 11.9. The first-order valence-corrected chi connectivity index (χ1v) is 8.27. The van der Waals surface area contributed by atoms with Crippen molar-refractivity contribution in [2.24, 2.45) is 0 Å². The highest BCUT2D eigenvalue weighted by Crippen LogP contribution is 2.19. The van der Waals surface area contributed by atoms with Crippen molar-refractivity contribution in [3.05, 3.63) is 48.0 Å². The zero-order chi connectivity index (χ0) is 15.5. The van der Waals surface area contributed by atoms with E-state index in [1.807, 2.05) is 0 Å². The second-order valence-corrected chi connectivity index (χ2v) is 6.53. The first-order chi connectivity index (χ1) is 9.91. The zero-order valence-electron chi connectivity index (χ0n) is 11.8. The van der Waals surface area contributed by atoms with E-state index in [2.05, 4.69) is 4.98 Å². The van der Waals surface area contributed by atoms with Gasteiger partial charge in [0.05, 0.1) is 23.4 Å². The van der Waals surface area contributed by atoms with Crippen LogP contribution in [0.25, 0.3) is 0 Å². The lowest BCUT2D eigenvalue weighted by Crippen LogP contribution is -2.10. The summed E-state index contributed by atoms with van der Waals surface area (Å²) in [6.45, 7) is 2.30. The molecule has 1 aromatic heterocycles. The van der Waals surface area contributed by atoms with Crippen LogP contribution in [0.2, 0.25) is 0 Å². The van der Waals surface area contributed by atoms with E-state index in [9.17, 15) is 13.2 Å². The third kappa shape index (κ3) is 3.69. The summed E-state index contributed by atoms with van der Waals surface area (Å²) < 4.78 is 30.5. The highest BCUT2D eigenvalue weighted by Gasteiger charge is 2.17. The quantitative estimate of drug-likeness (QED) is 0.782. The van der Waals surface area contributed by atoms with Gasteiger partial charge >= 0.3 is 5.97 Å². The zero-order valence-corrected chi connectivity index (χ0v) is 12.6. The van der Waals surface area contributed by atoms with E-state index >= 15 is 0 Å². The summed E-state index contributed by atoms with van der Waals surface area (Å²) in [5, 5.41) is 0. The topological polar surface area (TPSA) is 78.3 Å². The molecule has 0 atom stereocenters. The highest BCUT2D eigenvalue weighted by atomic mass is 32.2. The number of benzene rings is 1. The molecule has 0 aliphatic heterocycles. The van der Waals surface area contributed by atoms with Gasteiger partial charge in [0.25, 0.3) is 0 Å². The third-order valence-corrected chi connectivity index (χ3v) is 4.07. The molecule has 0 aliphatic carbocycles. The van der Waals surface area contributed by atoms with E-state index in [1.165, 1.54) is 6.07 Å². The molecule has 0 amide bonds. The molecule has 21 heavy (non-hydrogen) atoms. The summed E-state index contributed by atoms with van der Waals surface area (Å²) in [6.07, 6.45) is 6.08. The van der Waals surface area contributed by atoms with Crippen LogP contribution in [0.15, 0.2) is 41.8 Å². The van der Waals surface area contributed by atoms with Crippen molar-refractivity contribution in [2.45, 2.75) is 18.4 Å². The maximum Gasteiger partial charge on any atom is 0.338 e. The fourth-order valence-corrected chi connectivity index (χ4v) is 2.90. The molecule has 2 rings (SSSR count). The van der Waals surface area contributed by atoms with Gasteiger partial charge in [0.1, 0.15) is 0 Å². The predicted molar refractivity (Wildman–Crippen MR) is 76.8 cm³/mol. The normalized spacial score (nSPS) is 11.3. The fraction of sp³-hybridized carbons (Fsp3) is 0.286. The van der Waals surface area contributed by atoms with Gasteiger partial charge in [-0.2, -0.15) is 0 Å². The number of sulfone groups is 1. The number of carbonyl (C=O) groups is 1. The van der Waals surface area contributed by atoms with Crippen LogP contribution >= 0.6 is 0 Å². The summed E-state index contributed by atoms with van der Waals surface area (Å²) in [6, 6.07) is 4.56. The van der Waals surface area contributed by atoms with E-state index in [0.717, 1.165) is 6.26 Å². The number of esters is 1. The fourth-order valence-electron chi connectivity index (χ4n) is 1.95. The number of nitrogens with zero attached hydrogens (tertiary/aromatic N) is 2. The van der Waals surface area contributed by atoms with Crippen molar-refractivity contribution in [1.29, 1.82) is 0 Å². The third-order valence-electron chi connectivity index (χ3n) is 2.89. The van der Waals surface area contributed by atoms with Gasteiger partial charge in [-0.05, 0) is 24.6 Å². The molecule has 0 radical (unpaired) electrons. The Morgan fingerprint density at radius 1 is 1.38 bits per heavy atom. The first-order valence-electron chi connectivity index (χ1n) is 6.37. The minimum atomic E-state index is -3.45. The Labute approximate surface area is 123 Å². The number of ether oxygens (including phenoxy) is 1. The van der Waals surface area contributed by atoms with Crippen LogP contribution in [-0.2, 0) is 21.1 Å². The van der Waals surface area contributed by atoms with Crippen LogP contribution in [0.5, 0.6) is 0 Å². The number of hydrogen-bond donors (Lipinski definition) is 0. The molecular weight excluding hydrogens is 292 g/mol. The van der Waals surface area contributed by atoms with E-state index < -0.39 is 15.8 Å². The number of aromatic nitrogens is 2. The Bertz CT molecular complexity index is 736. The van der Waals surface area contributed by atoms with Gasteiger partial charge in [-0.25, -0.2) is 18.2 Å². The SMILES string of the molecule is CCOC(=O)c1ccc(Cn2ccnc2)c(S(C)(=O)=O)c1. The van der Waals surface area contributed by atoms with Gasteiger partial charge in [-0.1, -0.05) is 6.07 Å². The number of carbonyl (C=O) groups excluding carboxylic acids is 1. The monoisotopic (exact) mass is 308 g/mol. The second kappa shape index (κ2) is 6.09. The molecule has 0 saturated heterocycles. The summed E-state index contributed by atoms with van der Waals surface area (Å²) in [4.78, 5) is 15.8. The summed E-state index contributed by atoms with van der Waals surface area (Å²) in [7, 11) is -3.45. The number of imidazole rings is 1. The molecule has 0 unspecified atom stereocenters. The van der Waals surface area contributed by atoms with E-state index in [-0.39, 0.29) is 17.1 Å². The van der Waals surface area contributed by atoms with Crippen molar-refractivity contribution in [1.82, 2.24) is 9.55 Å². The molecule has 0 spiro atoms. The van der Waals surface area contributed by atoms with Crippen LogP contribution in [0.4, 0.5) is 0 Å². The van der Waals surface area contributed by atoms with Gasteiger partial charge in [-0.3, -0.25) is 0 Å². The largest absolute Gasteiger partial charge is 0.462 e. The van der Waals surface area contributed by atoms with Crippen molar-refractivity contribution < 1.29 is 17.9 Å². The molecule has 1 heterocycles. The predicted octanol–water partition coefficient (Wildman–Crippen LogP) is 1.51. The molecule has 2 aromatic rings. The van der Waals surface area contributed by atoms with Gasteiger partial charge in [0.2, 0.25) is 0 Å². The van der Waals surface area contributed by atoms with Gasteiger partial charge in [-0.15, -0.1) is 0 Å². The molecule has 112 valence electrons. The molecule has 0 fully saturated rings. The molecule has 6 nitrogen and oxygen atoms in total. The Kier molecular flexibility index (Phi) is 4.42. The van der Waals surface area contributed by atoms with E-state index in [1.54, 1.807) is 42.3 Å². The second-order valence-electron chi connectivity index (χ2n) is 4.55. The van der Waals surface area contributed by atoms with Crippen LogP contribution in [0.1, 0.15) is 22.8 Å². The lowest BCUT2D eigenvalue weighted by Gasteiger charge is -2.10. The molecule has 1 aromatic carbocycles. The summed E-state index contributed by atoms with van der Waals surface area (Å²) >= 11 is 0. The van der Waals surface area contributed by atoms with Crippen LogP contribution in [-0.4, -0.2) is 36.8 Å². The van der Waals surface area contributed by atoms with Crippen molar-refractivity contribution in [2.75, 3.05) is 12.9 Å². The van der Waals surface area contributed by atoms with Gasteiger partial charge in [0.15, 0.2) is 9.84 Å². The Morgan fingerprint density at radius 2 is 2.14 bits per heavy atom. The van der Waals surface area contributed by atoms with Crippen molar-refractivity contribution in [3.63, 3.8) is 0 Å². The van der Waals surface area contributed by atoms with E-state index in [4.69, 9.17) is 4.74 Å². The summed E-state index contributed by atoms with van der Waals surface area (Å²) in [5.74, 6) is -0.531. The average Bonchev–Trinajstić information content (AvgIpc) is 2.91. The Balaban J connectivity index is 2.44. The Morgan fingerprint density at radius 3 is 2.71 bits per heavy atom. The van der Waals surface area contributed by atoms with E-state index in [0.29, 0.717) is 12.1 Å². The number of rotatable bonds is 5. The van der Waals surface area contributed by atoms with Gasteiger partial charge in [0, 0.05) is 25.2 Å². The van der Waals surface area contributed by atoms with Crippen LogP contribution in [0, 0.1) is 0 Å². The lowest BCUT2D eigenvalue weighted by molar-refractivity contribution is 0.0526. The molecule has 0 aliphatic rings. The molecular formula is C14H16N2O4S. The van der Waals surface area contributed by atoms with Crippen molar-refractivity contribution in [3.8, 4) is 0 Å². The smallest absolute Gasteiger partial charge is 0.338 e. The summed E-state index contributed by atoms with van der Waals surface area (Å²) in [5.41, 5.74) is 0.829. The average molecular weight is 308 g/mol. The minimum absolute atomic E-state index is 0.127. The van der Waals surface area contributed by atoms with Crippen LogP contribution < -0.4 is 0 Å². The van der Waals surface area contributed by atoms with Crippen molar-refractivity contribution >= 4 is 15.8 Å². The maximum absolute atomic E-state index is 11.9. The first kappa shape index (κ1) is 15.2. The Hall–Kier alpha value is -2.15. The highest BCUT2D eigenvalue weighted by molar-refractivity contribution is 7.90. The number of hydrogen-bond acceptors (Lipinski definition) is 5. The van der Waals surface area contributed by atoms with Crippen LogP contribution in [0.3, 0.4) is 0 Å². The molecule has 7 heteroatoms. The lowest BCUT2D eigenvalue weighted by atomic mass is 10.1.